The standard InChI is InChI=1S/C13H17ClN4O4S/c1-9-8-23-12(14)11(9)16-13-15-5-6-17(13)10(19)4-2-3-7-22-18(20)21/h8H,2-7H2,1H3,(H,15,16). The van der Waals surface area contributed by atoms with Gasteiger partial charge < -0.3 is 10.2 Å². The number of unbranched alkanes of at least 4 members (excludes halogenated alkanes) is 1. The van der Waals surface area contributed by atoms with Gasteiger partial charge in [0.05, 0.1) is 18.8 Å². The Morgan fingerprint density at radius 2 is 2.39 bits per heavy atom. The first kappa shape index (κ1) is 17.5. The Balaban J connectivity index is 1.83. The van der Waals surface area contributed by atoms with Crippen LogP contribution in [-0.4, -0.2) is 41.5 Å². The first-order valence-corrected chi connectivity index (χ1v) is 8.37. The third-order valence-electron chi connectivity index (χ3n) is 3.29. The molecule has 2 heterocycles. The summed E-state index contributed by atoms with van der Waals surface area (Å²) in [5, 5.41) is 14.3. The van der Waals surface area contributed by atoms with Crippen molar-refractivity contribution < 1.29 is 14.7 Å². The molecule has 0 fully saturated rings. The van der Waals surface area contributed by atoms with E-state index in [2.05, 4.69) is 15.1 Å². The van der Waals surface area contributed by atoms with E-state index in [-0.39, 0.29) is 18.9 Å². The number of nitrogens with one attached hydrogen (secondary N) is 1. The van der Waals surface area contributed by atoms with E-state index in [1.165, 1.54) is 11.3 Å². The summed E-state index contributed by atoms with van der Waals surface area (Å²) in [5.74, 6) is 0.429. The number of carbonyl (C=O) groups is 1. The van der Waals surface area contributed by atoms with Crippen LogP contribution in [0.4, 0.5) is 5.69 Å². The van der Waals surface area contributed by atoms with E-state index >= 15 is 0 Å². The topological polar surface area (TPSA) is 97.1 Å². The Hall–Kier alpha value is -1.87. The quantitative estimate of drug-likeness (QED) is 0.458. The van der Waals surface area contributed by atoms with Gasteiger partial charge in [0.2, 0.25) is 11.9 Å². The number of rotatable bonds is 7. The van der Waals surface area contributed by atoms with Crippen LogP contribution < -0.4 is 5.32 Å². The summed E-state index contributed by atoms with van der Waals surface area (Å²) in [5.41, 5.74) is 1.77. The summed E-state index contributed by atoms with van der Waals surface area (Å²) >= 11 is 7.54. The number of thiophene rings is 1. The number of halogens is 1. The fourth-order valence-corrected chi connectivity index (χ4v) is 3.18. The lowest BCUT2D eigenvalue weighted by atomic mass is 10.2. The average Bonchev–Trinajstić information content (AvgIpc) is 3.08. The first-order valence-electron chi connectivity index (χ1n) is 7.11. The summed E-state index contributed by atoms with van der Waals surface area (Å²) in [6.45, 7) is 3.00. The number of aryl methyl sites for hydroxylation is 1. The van der Waals surface area contributed by atoms with Crippen molar-refractivity contribution in [2.24, 2.45) is 4.99 Å². The number of nitrogens with zero attached hydrogens (tertiary/aromatic N) is 3. The van der Waals surface area contributed by atoms with Gasteiger partial charge in [-0.3, -0.25) is 14.7 Å². The van der Waals surface area contributed by atoms with Crippen LogP contribution >= 0.6 is 22.9 Å². The summed E-state index contributed by atoms with van der Waals surface area (Å²) in [6.07, 6.45) is 1.27. The smallest absolute Gasteiger partial charge is 0.294 e. The molecule has 0 bridgehead atoms. The molecule has 8 nitrogen and oxygen atoms in total. The molecule has 1 aromatic heterocycles. The zero-order valence-corrected chi connectivity index (χ0v) is 14.2. The molecule has 2 rings (SSSR count). The van der Waals surface area contributed by atoms with Gasteiger partial charge in [0.25, 0.3) is 5.09 Å². The molecule has 23 heavy (non-hydrogen) atoms. The number of carbonyl (C=O) groups excluding carboxylic acids is 1. The van der Waals surface area contributed by atoms with Gasteiger partial charge in [0.1, 0.15) is 4.34 Å². The molecule has 126 valence electrons. The van der Waals surface area contributed by atoms with Gasteiger partial charge in [-0.2, -0.15) is 0 Å². The van der Waals surface area contributed by atoms with E-state index in [9.17, 15) is 14.9 Å². The normalized spacial score (nSPS) is 13.8. The highest BCUT2D eigenvalue weighted by Gasteiger charge is 2.24. The zero-order chi connectivity index (χ0) is 16.8. The van der Waals surface area contributed by atoms with E-state index in [1.54, 1.807) is 4.90 Å². The molecule has 0 atom stereocenters. The average molecular weight is 361 g/mol. The van der Waals surface area contributed by atoms with Gasteiger partial charge in [-0.25, -0.2) is 0 Å². The second-order valence-electron chi connectivity index (χ2n) is 4.96. The van der Waals surface area contributed by atoms with E-state index in [0.29, 0.717) is 36.2 Å². The minimum atomic E-state index is -0.829. The van der Waals surface area contributed by atoms with Crippen molar-refractivity contribution in [1.29, 1.82) is 0 Å². The van der Waals surface area contributed by atoms with E-state index in [0.717, 1.165) is 11.3 Å². The highest BCUT2D eigenvalue weighted by atomic mass is 35.5. The lowest BCUT2D eigenvalue weighted by Crippen LogP contribution is -2.38. The van der Waals surface area contributed by atoms with Crippen LogP contribution in [0.5, 0.6) is 0 Å². The fraction of sp³-hybridized carbons (Fsp3) is 0.538. The van der Waals surface area contributed by atoms with Gasteiger partial charge >= 0.3 is 0 Å². The maximum absolute atomic E-state index is 12.3. The monoisotopic (exact) mass is 360 g/mol. The second kappa shape index (κ2) is 8.11. The van der Waals surface area contributed by atoms with Crippen molar-refractivity contribution >= 4 is 40.5 Å². The van der Waals surface area contributed by atoms with Crippen molar-refractivity contribution in [3.05, 3.63) is 25.4 Å². The number of guanidine groups is 1. The molecule has 0 unspecified atom stereocenters. The zero-order valence-electron chi connectivity index (χ0n) is 12.6. The molecule has 0 saturated carbocycles. The Kier molecular flexibility index (Phi) is 6.17. The predicted molar refractivity (Wildman–Crippen MR) is 88.5 cm³/mol. The molecule has 1 aliphatic rings. The maximum atomic E-state index is 12.3. The predicted octanol–water partition coefficient (Wildman–Crippen LogP) is 2.70. The Labute approximate surface area is 142 Å². The van der Waals surface area contributed by atoms with Gasteiger partial charge in [-0.1, -0.05) is 11.6 Å². The summed E-state index contributed by atoms with van der Waals surface area (Å²) < 4.78 is 0.626. The van der Waals surface area contributed by atoms with Crippen molar-refractivity contribution in [2.75, 3.05) is 25.0 Å². The lowest BCUT2D eigenvalue weighted by Gasteiger charge is -2.19. The molecule has 0 spiro atoms. The summed E-state index contributed by atoms with van der Waals surface area (Å²) in [6, 6.07) is 0. The van der Waals surface area contributed by atoms with E-state index in [1.807, 2.05) is 12.3 Å². The fourth-order valence-electron chi connectivity index (χ4n) is 2.12. The highest BCUT2D eigenvalue weighted by Crippen LogP contribution is 2.32. The minimum absolute atomic E-state index is 0.00316. The number of amides is 1. The van der Waals surface area contributed by atoms with E-state index < -0.39 is 5.09 Å². The SMILES string of the molecule is Cc1csc(Cl)c1NC1=NCCN1C(=O)CCCCO[N+](=O)[O-]. The van der Waals surface area contributed by atoms with Gasteiger partial charge in [-0.15, -0.1) is 21.5 Å². The third-order valence-corrected chi connectivity index (χ3v) is 4.63. The maximum Gasteiger partial charge on any atom is 0.294 e. The Bertz CT molecular complexity index is 600. The van der Waals surface area contributed by atoms with Crippen LogP contribution in [0.15, 0.2) is 10.4 Å². The van der Waals surface area contributed by atoms with Crippen LogP contribution in [0.25, 0.3) is 0 Å². The summed E-state index contributed by atoms with van der Waals surface area (Å²) in [7, 11) is 0. The molecule has 1 amide bonds. The Morgan fingerprint density at radius 1 is 1.61 bits per heavy atom. The van der Waals surface area contributed by atoms with Gasteiger partial charge in [-0.05, 0) is 30.7 Å². The van der Waals surface area contributed by atoms with Crippen LogP contribution in [0.3, 0.4) is 0 Å². The van der Waals surface area contributed by atoms with Crippen molar-refractivity contribution in [1.82, 2.24) is 4.90 Å². The van der Waals surface area contributed by atoms with Crippen molar-refractivity contribution in [3.63, 3.8) is 0 Å². The first-order chi connectivity index (χ1) is 11.0. The molecular formula is C13H17ClN4O4S. The van der Waals surface area contributed by atoms with Crippen LogP contribution in [0.2, 0.25) is 4.34 Å². The number of hydrogen-bond donors (Lipinski definition) is 1. The molecule has 0 radical (unpaired) electrons. The molecular weight excluding hydrogens is 344 g/mol. The molecule has 0 saturated heterocycles. The second-order valence-corrected chi connectivity index (χ2v) is 6.44. The number of hydrogen-bond acceptors (Lipinski definition) is 7. The van der Waals surface area contributed by atoms with Crippen LogP contribution in [-0.2, 0) is 9.63 Å². The van der Waals surface area contributed by atoms with E-state index in [4.69, 9.17) is 11.6 Å². The van der Waals surface area contributed by atoms with Crippen molar-refractivity contribution in [3.8, 4) is 0 Å². The van der Waals surface area contributed by atoms with Crippen molar-refractivity contribution in [2.45, 2.75) is 26.2 Å². The number of aliphatic imine (C=N–C) groups is 1. The Morgan fingerprint density at radius 3 is 3.04 bits per heavy atom. The van der Waals surface area contributed by atoms with Crippen LogP contribution in [0.1, 0.15) is 24.8 Å². The summed E-state index contributed by atoms with van der Waals surface area (Å²) in [4.78, 5) is 32.4. The number of anilines is 1. The lowest BCUT2D eigenvalue weighted by molar-refractivity contribution is -0.757. The molecule has 10 heteroatoms. The minimum Gasteiger partial charge on any atom is -0.324 e. The largest absolute Gasteiger partial charge is 0.324 e. The molecule has 1 aromatic rings. The molecule has 1 N–H and O–H groups in total. The van der Waals surface area contributed by atoms with Gasteiger partial charge in [0.15, 0.2) is 0 Å². The van der Waals surface area contributed by atoms with Gasteiger partial charge in [0, 0.05) is 13.0 Å². The third kappa shape index (κ3) is 4.80. The molecule has 0 aliphatic carbocycles. The van der Waals surface area contributed by atoms with Crippen LogP contribution in [0, 0.1) is 17.0 Å². The molecule has 0 aromatic carbocycles. The highest BCUT2D eigenvalue weighted by molar-refractivity contribution is 7.15. The molecule has 1 aliphatic heterocycles.